The highest BCUT2D eigenvalue weighted by molar-refractivity contribution is 5.77. The summed E-state index contributed by atoms with van der Waals surface area (Å²) >= 11 is 0. The van der Waals surface area contributed by atoms with Gasteiger partial charge in [-0.2, -0.15) is 0 Å². The van der Waals surface area contributed by atoms with Gasteiger partial charge in [-0.05, 0) is 238 Å². The molecule has 1 unspecified atom stereocenters. The van der Waals surface area contributed by atoms with E-state index in [0.717, 1.165) is 73.0 Å². The third-order valence-corrected chi connectivity index (χ3v) is 19.9. The molecule has 0 heterocycles. The summed E-state index contributed by atoms with van der Waals surface area (Å²) in [6, 6.07) is 13.7. The van der Waals surface area contributed by atoms with Gasteiger partial charge in [0.05, 0.1) is 12.2 Å². The van der Waals surface area contributed by atoms with Gasteiger partial charge in [0, 0.05) is 0 Å². The zero-order valence-corrected chi connectivity index (χ0v) is 36.6. The molecule has 0 bridgehead atoms. The van der Waals surface area contributed by atoms with E-state index in [1.54, 1.807) is 16.7 Å². The number of hydrogen-bond donors (Lipinski definition) is 2. The summed E-state index contributed by atoms with van der Waals surface area (Å²) in [4.78, 5) is 0. The van der Waals surface area contributed by atoms with Crippen molar-refractivity contribution in [3.05, 3.63) is 87.5 Å². The monoisotopic (exact) mass is 757 g/mol. The topological polar surface area (TPSA) is 40.5 Å². The second-order valence-corrected chi connectivity index (χ2v) is 22.3. The van der Waals surface area contributed by atoms with E-state index in [0.29, 0.717) is 21.7 Å². The first-order valence-electron chi connectivity index (χ1n) is 23.6. The van der Waals surface area contributed by atoms with Gasteiger partial charge in [-0.15, -0.1) is 0 Å². The Morgan fingerprint density at radius 1 is 0.536 bits per heavy atom. The molecule has 6 fully saturated rings. The lowest BCUT2D eigenvalue weighted by Gasteiger charge is -2.61. The lowest BCUT2D eigenvalue weighted by atomic mass is 9.44. The van der Waals surface area contributed by atoms with Crippen molar-refractivity contribution in [1.82, 2.24) is 0 Å². The second kappa shape index (κ2) is 14.2. The average molecular weight is 757 g/mol. The van der Waals surface area contributed by atoms with Crippen LogP contribution in [0.2, 0.25) is 0 Å². The number of benzene rings is 2. The summed E-state index contributed by atoms with van der Waals surface area (Å²) in [7, 11) is 0. The average Bonchev–Trinajstić information content (AvgIpc) is 3.69. The summed E-state index contributed by atoms with van der Waals surface area (Å²) in [5.74, 6) is 6.69. The van der Waals surface area contributed by atoms with Gasteiger partial charge >= 0.3 is 0 Å². The van der Waals surface area contributed by atoms with Crippen molar-refractivity contribution in [2.45, 2.75) is 176 Å². The van der Waals surface area contributed by atoms with Crippen molar-refractivity contribution < 1.29 is 10.2 Å². The van der Waals surface area contributed by atoms with Crippen molar-refractivity contribution in [3.63, 3.8) is 0 Å². The lowest BCUT2D eigenvalue weighted by molar-refractivity contribution is -0.122. The molecule has 304 valence electrons. The molecule has 6 saturated carbocycles. The van der Waals surface area contributed by atoms with Gasteiger partial charge in [0.25, 0.3) is 0 Å². The zero-order valence-electron chi connectivity index (χ0n) is 36.6. The van der Waals surface area contributed by atoms with Crippen LogP contribution in [0.15, 0.2) is 54.1 Å². The molecule has 10 rings (SSSR count). The van der Waals surface area contributed by atoms with Gasteiger partial charge in [-0.3, -0.25) is 0 Å². The summed E-state index contributed by atoms with van der Waals surface area (Å²) in [6.07, 6.45) is 25.2. The molecule has 0 amide bonds. The standard InChI is InChI=1S/C27H40O.C27H36O/c2*1-17-6-5-7-18(2)25(17)24-11-10-22-21-9-8-19-16-20(28)12-14-26(19,3)23(21)13-15-27(22,24)4/h5-7,19-24,28H,8-16H2,1-4H3;5-8,11,20-23,28H,9-10,12-16H2,1-4H3/t19?,20-,21-,22-,23-,24+,26-,27-;20-,21-,22-,23-,26-,27-/m00/s1. The van der Waals surface area contributed by atoms with E-state index in [9.17, 15) is 10.2 Å². The van der Waals surface area contributed by atoms with E-state index in [-0.39, 0.29) is 12.2 Å². The number of aliphatic hydroxyl groups is 2. The Hall–Kier alpha value is -2.16. The predicted molar refractivity (Wildman–Crippen MR) is 233 cm³/mol. The van der Waals surface area contributed by atoms with Gasteiger partial charge in [0.1, 0.15) is 0 Å². The molecular formula is C54H76O2. The Morgan fingerprint density at radius 2 is 1.16 bits per heavy atom. The Labute approximate surface area is 341 Å². The lowest BCUT2D eigenvalue weighted by Crippen LogP contribution is -2.53. The molecule has 8 aliphatic carbocycles. The van der Waals surface area contributed by atoms with Crippen molar-refractivity contribution in [2.75, 3.05) is 0 Å². The molecule has 8 aliphatic rings. The molecule has 56 heavy (non-hydrogen) atoms. The van der Waals surface area contributed by atoms with E-state index in [2.05, 4.69) is 104 Å². The summed E-state index contributed by atoms with van der Waals surface area (Å²) < 4.78 is 0. The van der Waals surface area contributed by atoms with Gasteiger partial charge in [0.15, 0.2) is 0 Å². The van der Waals surface area contributed by atoms with Crippen LogP contribution in [0.5, 0.6) is 0 Å². The maximum absolute atomic E-state index is 10.3. The van der Waals surface area contributed by atoms with Crippen molar-refractivity contribution in [3.8, 4) is 0 Å². The van der Waals surface area contributed by atoms with E-state index in [4.69, 9.17) is 0 Å². The normalized spacial score (nSPS) is 45.0. The molecule has 0 spiro atoms. The second-order valence-electron chi connectivity index (χ2n) is 22.3. The smallest absolute Gasteiger partial charge is 0.0577 e. The first kappa shape index (κ1) is 39.3. The van der Waals surface area contributed by atoms with Crippen molar-refractivity contribution in [2.24, 2.45) is 63.1 Å². The van der Waals surface area contributed by atoms with Crippen LogP contribution in [0.1, 0.15) is 170 Å². The van der Waals surface area contributed by atoms with Crippen LogP contribution in [0.25, 0.3) is 5.57 Å². The first-order valence-corrected chi connectivity index (χ1v) is 23.6. The highest BCUT2D eigenvalue weighted by Crippen LogP contribution is 2.70. The van der Waals surface area contributed by atoms with Crippen molar-refractivity contribution >= 4 is 5.57 Å². The first-order chi connectivity index (χ1) is 26.7. The summed E-state index contributed by atoms with van der Waals surface area (Å²) in [5, 5.41) is 20.5. The molecule has 0 saturated heterocycles. The Balaban J connectivity index is 0.000000146. The van der Waals surface area contributed by atoms with Crippen LogP contribution in [0.3, 0.4) is 0 Å². The van der Waals surface area contributed by atoms with Gasteiger partial charge < -0.3 is 10.2 Å². The van der Waals surface area contributed by atoms with E-state index < -0.39 is 0 Å². The third-order valence-electron chi connectivity index (χ3n) is 19.9. The quantitative estimate of drug-likeness (QED) is 0.300. The number of allylic oxidation sites excluding steroid dienone is 3. The minimum Gasteiger partial charge on any atom is -0.393 e. The van der Waals surface area contributed by atoms with Crippen LogP contribution in [-0.4, -0.2) is 22.4 Å². The molecule has 0 aliphatic heterocycles. The fourth-order valence-corrected chi connectivity index (χ4v) is 16.9. The Morgan fingerprint density at radius 3 is 1.89 bits per heavy atom. The minimum atomic E-state index is -0.103. The Kier molecular flexibility index (Phi) is 10.00. The molecule has 2 aromatic carbocycles. The van der Waals surface area contributed by atoms with Crippen LogP contribution in [0, 0.1) is 90.8 Å². The van der Waals surface area contributed by atoms with Gasteiger partial charge in [-0.1, -0.05) is 81.8 Å². The molecule has 2 N–H and O–H groups in total. The fraction of sp³-hybridized carbons (Fsp3) is 0.704. The van der Waals surface area contributed by atoms with Crippen LogP contribution in [-0.2, 0) is 0 Å². The van der Waals surface area contributed by atoms with Gasteiger partial charge in [-0.25, -0.2) is 0 Å². The molecule has 0 radical (unpaired) electrons. The fourth-order valence-electron chi connectivity index (χ4n) is 16.9. The number of aliphatic hydroxyl groups excluding tert-OH is 2. The van der Waals surface area contributed by atoms with Crippen LogP contribution < -0.4 is 0 Å². The highest BCUT2D eigenvalue weighted by Gasteiger charge is 2.61. The number of rotatable bonds is 2. The maximum atomic E-state index is 10.3. The van der Waals surface area contributed by atoms with E-state index in [1.807, 2.05) is 0 Å². The number of aryl methyl sites for hydroxylation is 4. The summed E-state index contributed by atoms with van der Waals surface area (Å²) in [5.41, 5.74) is 14.0. The molecule has 2 nitrogen and oxygen atoms in total. The third kappa shape index (κ3) is 5.97. The van der Waals surface area contributed by atoms with Crippen molar-refractivity contribution in [1.29, 1.82) is 0 Å². The maximum Gasteiger partial charge on any atom is 0.0577 e. The highest BCUT2D eigenvalue weighted by atomic mass is 16.3. The largest absolute Gasteiger partial charge is 0.393 e. The SMILES string of the molecule is Cc1cccc(C)c1C1=CC[C@H]2[C@@H]3CC=C4C[C@@H](O)CC[C@]4(C)[C@H]3CC[C@]12C.Cc1cccc(C)c1[C@H]1CC[C@H]2[C@@H]3CCC4C[C@@H](O)CC[C@]4(C)[C@H]3CC[C@]12C. The molecule has 14 atom stereocenters. The van der Waals surface area contributed by atoms with Gasteiger partial charge in [0.2, 0.25) is 0 Å². The van der Waals surface area contributed by atoms with E-state index in [1.165, 1.54) is 105 Å². The Bertz CT molecular complexity index is 1840. The molecule has 2 heteroatoms. The minimum absolute atomic E-state index is 0.0247. The van der Waals surface area contributed by atoms with E-state index >= 15 is 0 Å². The number of fused-ring (bicyclic) bond motifs is 10. The van der Waals surface area contributed by atoms with Crippen LogP contribution >= 0.6 is 0 Å². The summed E-state index contributed by atoms with van der Waals surface area (Å²) in [6.45, 7) is 19.6. The molecule has 0 aromatic heterocycles. The van der Waals surface area contributed by atoms with Crippen LogP contribution in [0.4, 0.5) is 0 Å². The number of hydrogen-bond acceptors (Lipinski definition) is 2. The predicted octanol–water partition coefficient (Wildman–Crippen LogP) is 13.4. The molecular weight excluding hydrogens is 681 g/mol. The molecule has 2 aromatic rings. The zero-order chi connectivity index (χ0) is 39.4.